The summed E-state index contributed by atoms with van der Waals surface area (Å²) in [7, 11) is 0. The molecular weight excluding hydrogens is 218 g/mol. The molecule has 0 spiro atoms. The fourth-order valence-electron chi connectivity index (χ4n) is 1.66. The van der Waals surface area contributed by atoms with Gasteiger partial charge in [0.25, 0.3) is 0 Å². The number of carbonyl (C=O) groups is 2. The van der Waals surface area contributed by atoms with Gasteiger partial charge in [-0.05, 0) is 18.4 Å². The van der Waals surface area contributed by atoms with Gasteiger partial charge in [0.1, 0.15) is 6.04 Å². The predicted molar refractivity (Wildman–Crippen MR) is 68.3 cm³/mol. The molecule has 2 amide bonds. The normalized spacial score (nSPS) is 14.8. The van der Waals surface area contributed by atoms with Gasteiger partial charge in [0.2, 0.25) is 11.8 Å². The summed E-state index contributed by atoms with van der Waals surface area (Å²) in [6.45, 7) is 10.3. The van der Waals surface area contributed by atoms with E-state index in [0.29, 0.717) is 6.54 Å². The molecule has 17 heavy (non-hydrogen) atoms. The first kappa shape index (κ1) is 15.9. The highest BCUT2D eigenvalue weighted by molar-refractivity contribution is 5.89. The number of nitrogens with one attached hydrogen (secondary N) is 2. The minimum Gasteiger partial charge on any atom is -0.368 e. The Kier molecular flexibility index (Phi) is 6.80. The molecule has 0 aromatic rings. The van der Waals surface area contributed by atoms with E-state index in [1.165, 1.54) is 0 Å². The highest BCUT2D eigenvalue weighted by Crippen LogP contribution is 2.05. The van der Waals surface area contributed by atoms with E-state index < -0.39 is 11.9 Å². The van der Waals surface area contributed by atoms with Crippen molar-refractivity contribution in [3.05, 3.63) is 0 Å². The Balaban J connectivity index is 4.62. The van der Waals surface area contributed by atoms with Gasteiger partial charge in [-0.25, -0.2) is 0 Å². The van der Waals surface area contributed by atoms with Gasteiger partial charge in [-0.1, -0.05) is 34.6 Å². The van der Waals surface area contributed by atoms with Crippen LogP contribution in [-0.4, -0.2) is 30.4 Å². The largest absolute Gasteiger partial charge is 0.368 e. The molecule has 0 rings (SSSR count). The molecule has 0 radical (unpaired) electrons. The summed E-state index contributed by atoms with van der Waals surface area (Å²) < 4.78 is 0. The zero-order chi connectivity index (χ0) is 13.6. The summed E-state index contributed by atoms with van der Waals surface area (Å²) >= 11 is 0. The number of rotatable bonds is 7. The number of likely N-dealkylation sites (N-methyl/N-ethyl adjacent to an activating group) is 1. The molecule has 0 aromatic carbocycles. The van der Waals surface area contributed by atoms with Crippen molar-refractivity contribution in [1.82, 2.24) is 10.6 Å². The molecule has 5 nitrogen and oxygen atoms in total. The van der Waals surface area contributed by atoms with E-state index in [0.717, 1.165) is 0 Å². The molecule has 5 heteroatoms. The smallest absolute Gasteiger partial charge is 0.240 e. The number of nitrogens with two attached hydrogens (primary N) is 1. The number of hydrogen-bond acceptors (Lipinski definition) is 3. The van der Waals surface area contributed by atoms with Crippen LogP contribution in [0.2, 0.25) is 0 Å². The first-order valence-electron chi connectivity index (χ1n) is 6.14. The summed E-state index contributed by atoms with van der Waals surface area (Å²) in [4.78, 5) is 23.2. The molecule has 0 aliphatic heterocycles. The fraction of sp³-hybridized carbons (Fsp3) is 0.833. The van der Waals surface area contributed by atoms with Crippen LogP contribution in [0, 0.1) is 11.8 Å². The monoisotopic (exact) mass is 243 g/mol. The second-order valence-electron chi connectivity index (χ2n) is 4.91. The quantitative estimate of drug-likeness (QED) is 0.599. The SMILES string of the molecule is CCN[C@H](C(=O)N[C@@H](C(N)=O)C(C)C)C(C)C. The number of carbonyl (C=O) groups excluding carboxylic acids is 2. The molecule has 0 aliphatic rings. The lowest BCUT2D eigenvalue weighted by Crippen LogP contribution is -2.55. The molecule has 0 aromatic heterocycles. The van der Waals surface area contributed by atoms with Crippen LogP contribution in [0.25, 0.3) is 0 Å². The molecule has 4 N–H and O–H groups in total. The van der Waals surface area contributed by atoms with Crippen LogP contribution in [0.1, 0.15) is 34.6 Å². The van der Waals surface area contributed by atoms with Gasteiger partial charge >= 0.3 is 0 Å². The van der Waals surface area contributed by atoms with Gasteiger partial charge < -0.3 is 16.4 Å². The van der Waals surface area contributed by atoms with Crippen molar-refractivity contribution in [2.24, 2.45) is 17.6 Å². The summed E-state index contributed by atoms with van der Waals surface area (Å²) in [6.07, 6.45) is 0. The topological polar surface area (TPSA) is 84.2 Å². The van der Waals surface area contributed by atoms with Crippen LogP contribution >= 0.6 is 0 Å². The van der Waals surface area contributed by atoms with Gasteiger partial charge in [-0.3, -0.25) is 9.59 Å². The van der Waals surface area contributed by atoms with Crippen LogP contribution < -0.4 is 16.4 Å². The second kappa shape index (κ2) is 7.27. The first-order valence-corrected chi connectivity index (χ1v) is 6.14. The highest BCUT2D eigenvalue weighted by Gasteiger charge is 2.27. The fourth-order valence-corrected chi connectivity index (χ4v) is 1.66. The lowest BCUT2D eigenvalue weighted by atomic mass is 10.00. The predicted octanol–water partition coefficient (Wildman–Crippen LogP) is 0.247. The minimum absolute atomic E-state index is 0.00844. The number of amides is 2. The lowest BCUT2D eigenvalue weighted by molar-refractivity contribution is -0.130. The van der Waals surface area contributed by atoms with Crippen LogP contribution in [-0.2, 0) is 9.59 Å². The summed E-state index contributed by atoms with van der Waals surface area (Å²) in [5, 5.41) is 5.81. The lowest BCUT2D eigenvalue weighted by Gasteiger charge is -2.25. The van der Waals surface area contributed by atoms with Crippen molar-refractivity contribution in [1.29, 1.82) is 0 Å². The van der Waals surface area contributed by atoms with E-state index in [1.54, 1.807) is 0 Å². The molecule has 0 aliphatic carbocycles. The Hall–Kier alpha value is -1.10. The Morgan fingerprint density at radius 3 is 1.82 bits per heavy atom. The van der Waals surface area contributed by atoms with Crippen LogP contribution in [0.3, 0.4) is 0 Å². The van der Waals surface area contributed by atoms with Gasteiger partial charge in [-0.2, -0.15) is 0 Å². The van der Waals surface area contributed by atoms with E-state index in [9.17, 15) is 9.59 Å². The third-order valence-electron chi connectivity index (χ3n) is 2.64. The van der Waals surface area contributed by atoms with Crippen molar-refractivity contribution in [2.75, 3.05) is 6.54 Å². The summed E-state index contributed by atoms with van der Waals surface area (Å²) in [6, 6.07) is -0.900. The number of hydrogen-bond donors (Lipinski definition) is 3. The van der Waals surface area contributed by atoms with Crippen molar-refractivity contribution in [3.8, 4) is 0 Å². The van der Waals surface area contributed by atoms with E-state index >= 15 is 0 Å². The van der Waals surface area contributed by atoms with E-state index in [1.807, 2.05) is 34.6 Å². The van der Waals surface area contributed by atoms with Gasteiger partial charge in [0.05, 0.1) is 6.04 Å². The van der Waals surface area contributed by atoms with Crippen LogP contribution in [0.15, 0.2) is 0 Å². The maximum Gasteiger partial charge on any atom is 0.240 e. The van der Waals surface area contributed by atoms with Crippen molar-refractivity contribution in [3.63, 3.8) is 0 Å². The van der Waals surface area contributed by atoms with Crippen molar-refractivity contribution < 1.29 is 9.59 Å². The third kappa shape index (κ3) is 5.17. The number of primary amides is 1. The van der Waals surface area contributed by atoms with Gasteiger partial charge in [0.15, 0.2) is 0 Å². The van der Waals surface area contributed by atoms with E-state index in [4.69, 9.17) is 5.73 Å². The molecule has 0 unspecified atom stereocenters. The molecule has 0 fully saturated rings. The highest BCUT2D eigenvalue weighted by atomic mass is 16.2. The zero-order valence-electron chi connectivity index (χ0n) is 11.4. The average Bonchev–Trinajstić information content (AvgIpc) is 2.20. The first-order chi connectivity index (χ1) is 7.81. The van der Waals surface area contributed by atoms with E-state index in [-0.39, 0.29) is 23.8 Å². The van der Waals surface area contributed by atoms with Gasteiger partial charge in [-0.15, -0.1) is 0 Å². The van der Waals surface area contributed by atoms with Gasteiger partial charge in [0, 0.05) is 0 Å². The summed E-state index contributed by atoms with van der Waals surface area (Å²) in [5.41, 5.74) is 5.26. The molecule has 100 valence electrons. The molecule has 2 atom stereocenters. The molecule has 0 saturated carbocycles. The average molecular weight is 243 g/mol. The zero-order valence-corrected chi connectivity index (χ0v) is 11.4. The standard InChI is InChI=1S/C12H25N3O2/c1-6-14-10(8(4)5)12(17)15-9(7(2)3)11(13)16/h7-10,14H,6H2,1-5H3,(H2,13,16)(H,15,17)/t9-,10+/m1/s1. The second-order valence-corrected chi connectivity index (χ2v) is 4.91. The van der Waals surface area contributed by atoms with Crippen LogP contribution in [0.5, 0.6) is 0 Å². The molecule has 0 bridgehead atoms. The molecule has 0 heterocycles. The summed E-state index contributed by atoms with van der Waals surface area (Å²) in [5.74, 6) is -0.506. The minimum atomic E-state index is -0.609. The van der Waals surface area contributed by atoms with Crippen molar-refractivity contribution >= 4 is 11.8 Å². The third-order valence-corrected chi connectivity index (χ3v) is 2.64. The molecule has 0 saturated heterocycles. The maximum atomic E-state index is 12.0. The maximum absolute atomic E-state index is 12.0. The molecular formula is C12H25N3O2. The van der Waals surface area contributed by atoms with Crippen LogP contribution in [0.4, 0.5) is 0 Å². The van der Waals surface area contributed by atoms with E-state index in [2.05, 4.69) is 10.6 Å². The Bertz CT molecular complexity index is 264. The van der Waals surface area contributed by atoms with Crippen molar-refractivity contribution in [2.45, 2.75) is 46.7 Å². The Labute approximate surface area is 104 Å². The Morgan fingerprint density at radius 1 is 1.06 bits per heavy atom. The Morgan fingerprint density at radius 2 is 1.53 bits per heavy atom.